The maximum absolute atomic E-state index is 13.5. The maximum atomic E-state index is 13.5. The number of carbonyl (C=O) groups is 1. The van der Waals surface area contributed by atoms with E-state index in [1.54, 1.807) is 7.11 Å². The number of likely N-dealkylation sites (tertiary alicyclic amines) is 1. The van der Waals surface area contributed by atoms with Crippen LogP contribution in [0.2, 0.25) is 0 Å². The Bertz CT molecular complexity index is 998. The third kappa shape index (κ3) is 6.24. The van der Waals surface area contributed by atoms with Gasteiger partial charge in [0.05, 0.1) is 12.7 Å². The van der Waals surface area contributed by atoms with Crippen LogP contribution in [0.4, 0.5) is 5.82 Å². The van der Waals surface area contributed by atoms with Crippen LogP contribution in [-0.4, -0.2) is 78.9 Å². The summed E-state index contributed by atoms with van der Waals surface area (Å²) in [6, 6.07) is 0.704. The number of hydrogen-bond donors (Lipinski definition) is 2. The van der Waals surface area contributed by atoms with E-state index in [4.69, 9.17) is 9.47 Å². The molecule has 2 saturated heterocycles. The molecule has 4 aliphatic rings. The van der Waals surface area contributed by atoms with E-state index in [0.717, 1.165) is 62.8 Å². The Hall–Kier alpha value is -2.29. The number of aryl methyl sites for hydroxylation is 1. The second-order valence-electron chi connectivity index (χ2n) is 11.3. The number of nitrogens with one attached hydrogen (secondary N) is 2. The lowest BCUT2D eigenvalue weighted by Crippen LogP contribution is -2.54. The van der Waals surface area contributed by atoms with Crippen molar-refractivity contribution in [2.24, 2.45) is 17.8 Å². The molecule has 3 heterocycles. The summed E-state index contributed by atoms with van der Waals surface area (Å²) in [5.41, 5.74) is 1.40. The number of allylic oxidation sites excluding steroid dienone is 4. The molecule has 0 spiro atoms. The average Bonchev–Trinajstić information content (AvgIpc) is 2.90. The lowest BCUT2D eigenvalue weighted by atomic mass is 9.67. The number of carbonyl (C=O) groups excluding carboxylic acids is 1. The molecule has 2 aliphatic heterocycles. The second-order valence-corrected chi connectivity index (χ2v) is 11.3. The van der Waals surface area contributed by atoms with Gasteiger partial charge in [0.1, 0.15) is 17.3 Å². The van der Waals surface area contributed by atoms with E-state index in [2.05, 4.69) is 44.9 Å². The zero-order valence-electron chi connectivity index (χ0n) is 22.6. The number of ether oxygens (including phenoxy) is 2. The van der Waals surface area contributed by atoms with Crippen molar-refractivity contribution in [1.29, 1.82) is 0 Å². The van der Waals surface area contributed by atoms with E-state index < -0.39 is 0 Å². The van der Waals surface area contributed by atoms with Gasteiger partial charge in [0, 0.05) is 51.0 Å². The van der Waals surface area contributed by atoms with Crippen LogP contribution in [0.15, 0.2) is 24.3 Å². The number of aromatic nitrogens is 2. The van der Waals surface area contributed by atoms with Crippen LogP contribution in [0.1, 0.15) is 60.4 Å². The lowest BCUT2D eigenvalue weighted by Gasteiger charge is -2.40. The van der Waals surface area contributed by atoms with Gasteiger partial charge in [0.2, 0.25) is 0 Å². The van der Waals surface area contributed by atoms with Crippen molar-refractivity contribution in [3.05, 3.63) is 41.4 Å². The lowest BCUT2D eigenvalue weighted by molar-refractivity contribution is -0.0533. The summed E-state index contributed by atoms with van der Waals surface area (Å²) in [5.74, 6) is 3.63. The number of hydrogen-bond acceptors (Lipinski definition) is 7. The molecule has 0 aromatic carbocycles. The molecule has 202 valence electrons. The van der Waals surface area contributed by atoms with Gasteiger partial charge in [-0.15, -0.1) is 0 Å². The topological polar surface area (TPSA) is 88.6 Å². The fourth-order valence-electron chi connectivity index (χ4n) is 6.34. The minimum Gasteiger partial charge on any atom is -0.379 e. The van der Waals surface area contributed by atoms with E-state index in [-0.39, 0.29) is 12.0 Å². The van der Waals surface area contributed by atoms with Crippen molar-refractivity contribution in [2.75, 3.05) is 45.3 Å². The molecule has 37 heavy (non-hydrogen) atoms. The molecule has 8 nitrogen and oxygen atoms in total. The fraction of sp³-hybridized carbons (Fsp3) is 0.690. The molecule has 1 aromatic heterocycles. The van der Waals surface area contributed by atoms with Crippen LogP contribution in [0.25, 0.3) is 0 Å². The second kappa shape index (κ2) is 12.0. The Labute approximate surface area is 221 Å². The number of methoxy groups -OCH3 is 1. The summed E-state index contributed by atoms with van der Waals surface area (Å²) in [6.45, 7) is 7.63. The van der Waals surface area contributed by atoms with E-state index >= 15 is 0 Å². The van der Waals surface area contributed by atoms with Crippen LogP contribution in [0.3, 0.4) is 0 Å². The van der Waals surface area contributed by atoms with Crippen molar-refractivity contribution >= 4 is 11.7 Å². The molecular weight excluding hydrogens is 466 g/mol. The zero-order chi connectivity index (χ0) is 25.8. The molecule has 5 rings (SSSR count). The van der Waals surface area contributed by atoms with Gasteiger partial charge in [0.25, 0.3) is 5.91 Å². The molecule has 3 atom stereocenters. The third-order valence-electron chi connectivity index (χ3n) is 8.75. The highest BCUT2D eigenvalue weighted by Gasteiger charge is 2.34. The molecule has 8 heteroatoms. The third-order valence-corrected chi connectivity index (χ3v) is 8.75. The number of piperidine rings is 1. The summed E-state index contributed by atoms with van der Waals surface area (Å²) in [4.78, 5) is 24.7. The normalized spacial score (nSPS) is 30.2. The predicted molar refractivity (Wildman–Crippen MR) is 145 cm³/mol. The Balaban J connectivity index is 1.12. The standard InChI is InChI=1S/C29H43N5O3/c1-19-27(29(35)34-12-9-24(10-13-34)33-25-11-14-37-18-26(25)36-3)31-20(2)32-28(19)30-17-21-15-23(16-21)22-7-5-4-6-8-22/h4-7,21-26,33H,8-18H2,1-3H3,(H,30,31,32)/t21-,22?,23-,25?,26-/m1/s1. The first-order chi connectivity index (χ1) is 18.0. The smallest absolute Gasteiger partial charge is 0.272 e. The number of nitrogens with zero attached hydrogens (tertiary/aromatic N) is 3. The molecule has 2 aliphatic carbocycles. The first-order valence-corrected chi connectivity index (χ1v) is 14.1. The van der Waals surface area contributed by atoms with Crippen LogP contribution >= 0.6 is 0 Å². The zero-order valence-corrected chi connectivity index (χ0v) is 22.6. The highest BCUT2D eigenvalue weighted by molar-refractivity contribution is 5.94. The van der Waals surface area contributed by atoms with Crippen molar-refractivity contribution < 1.29 is 14.3 Å². The molecule has 0 bridgehead atoms. The van der Waals surface area contributed by atoms with E-state index in [9.17, 15) is 4.79 Å². The van der Waals surface area contributed by atoms with Crippen molar-refractivity contribution in [3.8, 4) is 0 Å². The summed E-state index contributed by atoms with van der Waals surface area (Å²) in [5, 5.41) is 7.32. The van der Waals surface area contributed by atoms with Crippen LogP contribution in [-0.2, 0) is 9.47 Å². The largest absolute Gasteiger partial charge is 0.379 e. The summed E-state index contributed by atoms with van der Waals surface area (Å²) in [6.07, 6.45) is 15.6. The van der Waals surface area contributed by atoms with Crippen LogP contribution < -0.4 is 10.6 Å². The van der Waals surface area contributed by atoms with E-state index in [1.165, 1.54) is 19.3 Å². The minimum absolute atomic E-state index is 0.0196. The number of rotatable bonds is 8. The molecule has 1 saturated carbocycles. The van der Waals surface area contributed by atoms with Gasteiger partial charge in [-0.05, 0) is 70.1 Å². The highest BCUT2D eigenvalue weighted by atomic mass is 16.5. The fourth-order valence-corrected chi connectivity index (χ4v) is 6.34. The Morgan fingerprint density at radius 1 is 1.16 bits per heavy atom. The predicted octanol–water partition coefficient (Wildman–Crippen LogP) is 3.66. The Morgan fingerprint density at radius 3 is 2.70 bits per heavy atom. The van der Waals surface area contributed by atoms with E-state index in [0.29, 0.717) is 42.0 Å². The van der Waals surface area contributed by atoms with Gasteiger partial charge < -0.3 is 25.0 Å². The molecule has 2 N–H and O–H groups in total. The van der Waals surface area contributed by atoms with Gasteiger partial charge in [-0.25, -0.2) is 9.97 Å². The summed E-state index contributed by atoms with van der Waals surface area (Å²) < 4.78 is 11.1. The quantitative estimate of drug-likeness (QED) is 0.553. The van der Waals surface area contributed by atoms with Gasteiger partial charge >= 0.3 is 0 Å². The molecule has 1 aromatic rings. The van der Waals surface area contributed by atoms with Gasteiger partial charge in [-0.3, -0.25) is 4.79 Å². The number of amides is 1. The number of anilines is 1. The average molecular weight is 510 g/mol. The van der Waals surface area contributed by atoms with Gasteiger partial charge in [0.15, 0.2) is 0 Å². The molecule has 0 radical (unpaired) electrons. The monoisotopic (exact) mass is 509 g/mol. The highest BCUT2D eigenvalue weighted by Crippen LogP contribution is 2.41. The first-order valence-electron chi connectivity index (χ1n) is 14.1. The molecular formula is C29H43N5O3. The van der Waals surface area contributed by atoms with E-state index in [1.807, 2.05) is 18.7 Å². The van der Waals surface area contributed by atoms with Crippen molar-refractivity contribution in [1.82, 2.24) is 20.2 Å². The first kappa shape index (κ1) is 26.3. The van der Waals surface area contributed by atoms with Gasteiger partial charge in [-0.2, -0.15) is 0 Å². The summed E-state index contributed by atoms with van der Waals surface area (Å²) >= 11 is 0. The Morgan fingerprint density at radius 2 is 1.97 bits per heavy atom. The van der Waals surface area contributed by atoms with Crippen molar-refractivity contribution in [2.45, 2.75) is 70.6 Å². The summed E-state index contributed by atoms with van der Waals surface area (Å²) in [7, 11) is 1.75. The van der Waals surface area contributed by atoms with Crippen LogP contribution in [0, 0.1) is 31.6 Å². The minimum atomic E-state index is 0.0196. The Kier molecular flexibility index (Phi) is 8.57. The van der Waals surface area contributed by atoms with Crippen LogP contribution in [0.5, 0.6) is 0 Å². The SMILES string of the molecule is CO[C@@H]1COCCC1NC1CCN(C(=O)c2nc(C)nc(NC[C@H]3C[C@H](C4C=CC=CC4)C3)c2C)CC1. The van der Waals surface area contributed by atoms with Crippen molar-refractivity contribution in [3.63, 3.8) is 0 Å². The molecule has 2 unspecified atom stereocenters. The maximum Gasteiger partial charge on any atom is 0.272 e. The molecule has 3 fully saturated rings. The molecule has 1 amide bonds. The van der Waals surface area contributed by atoms with Gasteiger partial charge in [-0.1, -0.05) is 24.3 Å².